The first-order chi connectivity index (χ1) is 12.6. The van der Waals surface area contributed by atoms with E-state index in [2.05, 4.69) is 5.32 Å². The van der Waals surface area contributed by atoms with Crippen LogP contribution in [-0.2, 0) is 11.3 Å². The number of nitrogen functional groups attached to an aromatic ring is 1. The molecule has 0 unspecified atom stereocenters. The topological polar surface area (TPSA) is 98.5 Å². The number of ether oxygens (including phenoxy) is 1. The number of nitrogens with one attached hydrogen (secondary N) is 1. The monoisotopic (exact) mass is 371 g/mol. The molecule has 2 aromatic rings. The number of hydrogen-bond acceptors (Lipinski definition) is 6. The Morgan fingerprint density at radius 3 is 2.73 bits per heavy atom. The number of dihydropyridines is 1. The molecular weight excluding hydrogens is 354 g/mol. The first kappa shape index (κ1) is 16.7. The summed E-state index contributed by atoms with van der Waals surface area (Å²) >= 11 is 6.40. The van der Waals surface area contributed by atoms with Gasteiger partial charge in [-0.25, -0.2) is 5.84 Å². The highest BCUT2D eigenvalue weighted by atomic mass is 35.5. The predicted molar refractivity (Wildman–Crippen MR) is 101 cm³/mol. The molecule has 0 fully saturated rings. The van der Waals surface area contributed by atoms with Crippen molar-refractivity contribution in [3.8, 4) is 0 Å². The summed E-state index contributed by atoms with van der Waals surface area (Å²) < 4.78 is 6.82. The van der Waals surface area contributed by atoms with Gasteiger partial charge in [0.05, 0.1) is 40.0 Å². The SMILES string of the molecule is NN(c1ccccc1)c1c2c(n(N)c1C1=CCNC=C1Cl)COCC2=O. The second-order valence-electron chi connectivity index (χ2n) is 6.03. The van der Waals surface area contributed by atoms with Crippen LogP contribution in [0.25, 0.3) is 5.57 Å². The van der Waals surface area contributed by atoms with Crippen LogP contribution in [-0.4, -0.2) is 23.6 Å². The van der Waals surface area contributed by atoms with Gasteiger partial charge in [-0.1, -0.05) is 35.9 Å². The lowest BCUT2D eigenvalue weighted by molar-refractivity contribution is 0.0653. The van der Waals surface area contributed by atoms with E-state index in [1.807, 2.05) is 36.4 Å². The normalized spacial score (nSPS) is 16.5. The van der Waals surface area contributed by atoms with Gasteiger partial charge in [0.1, 0.15) is 6.61 Å². The van der Waals surface area contributed by atoms with Crippen LogP contribution in [0, 0.1) is 0 Å². The van der Waals surface area contributed by atoms with E-state index in [9.17, 15) is 4.79 Å². The van der Waals surface area contributed by atoms with Gasteiger partial charge in [-0.05, 0) is 12.1 Å². The summed E-state index contributed by atoms with van der Waals surface area (Å²) in [6.45, 7) is 0.831. The number of hydrogen-bond donors (Lipinski definition) is 3. The molecule has 134 valence electrons. The quantitative estimate of drug-likeness (QED) is 0.563. The average Bonchev–Trinajstić information content (AvgIpc) is 2.96. The van der Waals surface area contributed by atoms with Crippen molar-refractivity contribution in [2.45, 2.75) is 6.61 Å². The maximum Gasteiger partial charge on any atom is 0.192 e. The van der Waals surface area contributed by atoms with Crippen molar-refractivity contribution in [3.63, 3.8) is 0 Å². The Morgan fingerprint density at radius 1 is 1.23 bits per heavy atom. The third kappa shape index (κ3) is 2.57. The number of nitrogens with zero attached hydrogens (tertiary/aromatic N) is 2. The van der Waals surface area contributed by atoms with Gasteiger partial charge in [0.15, 0.2) is 5.78 Å². The molecule has 0 saturated heterocycles. The highest BCUT2D eigenvalue weighted by molar-refractivity contribution is 6.37. The molecule has 1 aromatic carbocycles. The van der Waals surface area contributed by atoms with Crippen LogP contribution in [0.4, 0.5) is 11.4 Å². The van der Waals surface area contributed by atoms with Crippen LogP contribution in [0.1, 0.15) is 21.7 Å². The van der Waals surface area contributed by atoms with Crippen molar-refractivity contribution in [1.82, 2.24) is 9.99 Å². The number of hydrazine groups is 1. The van der Waals surface area contributed by atoms with Gasteiger partial charge in [-0.3, -0.25) is 14.5 Å². The Kier molecular flexibility index (Phi) is 4.20. The molecule has 26 heavy (non-hydrogen) atoms. The van der Waals surface area contributed by atoms with Crippen molar-refractivity contribution in [2.75, 3.05) is 24.0 Å². The smallest absolute Gasteiger partial charge is 0.192 e. The molecule has 0 spiro atoms. The van der Waals surface area contributed by atoms with Gasteiger partial charge in [0.25, 0.3) is 0 Å². The Labute approximate surface area is 155 Å². The molecule has 0 bridgehead atoms. The molecule has 2 aliphatic heterocycles. The van der Waals surface area contributed by atoms with Gasteiger partial charge in [-0.2, -0.15) is 0 Å². The molecular formula is C18H18ClN5O2. The number of allylic oxidation sites excluding steroid dienone is 2. The molecule has 4 rings (SSSR count). The Hall–Kier alpha value is -2.74. The molecule has 0 radical (unpaired) electrons. The summed E-state index contributed by atoms with van der Waals surface area (Å²) in [6.07, 6.45) is 3.62. The van der Waals surface area contributed by atoms with Crippen molar-refractivity contribution >= 4 is 34.3 Å². The lowest BCUT2D eigenvalue weighted by Gasteiger charge is -2.23. The number of ketones is 1. The number of carbonyl (C=O) groups excluding carboxylic acids is 1. The fraction of sp³-hybridized carbons (Fsp3) is 0.167. The second kappa shape index (κ2) is 6.53. The standard InChI is InChI=1S/C18H18ClN5O2/c19-13-8-22-7-6-12(13)17-18(23(20)11-4-2-1-3-5-11)16-14(24(17)21)9-26-10-15(16)25/h1-6,8,22H,7,9-10,20-21H2. The zero-order valence-electron chi connectivity index (χ0n) is 13.9. The number of halogens is 1. The van der Waals surface area contributed by atoms with E-state index >= 15 is 0 Å². The summed E-state index contributed by atoms with van der Waals surface area (Å²) in [6, 6.07) is 9.38. The number of Topliss-reactive ketones (excluding diaryl/α,β-unsaturated/α-hetero) is 1. The van der Waals surface area contributed by atoms with E-state index in [0.717, 1.165) is 11.3 Å². The highest BCUT2D eigenvalue weighted by Crippen LogP contribution is 2.42. The Balaban J connectivity index is 1.98. The molecule has 0 atom stereocenters. The number of nitrogens with two attached hydrogens (primary N) is 2. The molecule has 1 aromatic heterocycles. The summed E-state index contributed by atoms with van der Waals surface area (Å²) in [5, 5.41) is 5.02. The lowest BCUT2D eigenvalue weighted by Crippen LogP contribution is -2.29. The van der Waals surface area contributed by atoms with Gasteiger partial charge < -0.3 is 15.9 Å². The van der Waals surface area contributed by atoms with Gasteiger partial charge in [0, 0.05) is 18.3 Å². The molecule has 7 nitrogen and oxygen atoms in total. The largest absolute Gasteiger partial charge is 0.386 e. The number of para-hydroxylation sites is 1. The van der Waals surface area contributed by atoms with Crippen LogP contribution in [0.5, 0.6) is 0 Å². The highest BCUT2D eigenvalue weighted by Gasteiger charge is 2.34. The van der Waals surface area contributed by atoms with Gasteiger partial charge >= 0.3 is 0 Å². The first-order valence-electron chi connectivity index (χ1n) is 8.13. The van der Waals surface area contributed by atoms with E-state index in [1.165, 1.54) is 9.69 Å². The number of fused-ring (bicyclic) bond motifs is 1. The van der Waals surface area contributed by atoms with E-state index in [1.54, 1.807) is 6.20 Å². The Bertz CT molecular complexity index is 933. The minimum atomic E-state index is -0.160. The predicted octanol–water partition coefficient (Wildman–Crippen LogP) is 1.99. The maximum absolute atomic E-state index is 12.6. The number of benzene rings is 1. The molecule has 0 aliphatic carbocycles. The minimum absolute atomic E-state index is 0.00371. The van der Waals surface area contributed by atoms with Crippen LogP contribution in [0.2, 0.25) is 0 Å². The van der Waals surface area contributed by atoms with Crippen molar-refractivity contribution < 1.29 is 9.53 Å². The van der Waals surface area contributed by atoms with Crippen LogP contribution >= 0.6 is 11.6 Å². The number of carbonyl (C=O) groups is 1. The first-order valence-corrected chi connectivity index (χ1v) is 8.50. The number of anilines is 2. The molecule has 8 heteroatoms. The minimum Gasteiger partial charge on any atom is -0.386 e. The van der Waals surface area contributed by atoms with E-state index < -0.39 is 0 Å². The lowest BCUT2D eigenvalue weighted by atomic mass is 10.0. The van der Waals surface area contributed by atoms with E-state index in [-0.39, 0.29) is 19.0 Å². The zero-order valence-corrected chi connectivity index (χ0v) is 14.7. The van der Waals surface area contributed by atoms with Gasteiger partial charge in [-0.15, -0.1) is 0 Å². The summed E-state index contributed by atoms with van der Waals surface area (Å²) in [5.74, 6) is 12.6. The van der Waals surface area contributed by atoms with Crippen LogP contribution < -0.4 is 22.0 Å². The average molecular weight is 372 g/mol. The zero-order chi connectivity index (χ0) is 18.3. The van der Waals surface area contributed by atoms with Crippen molar-refractivity contribution in [3.05, 3.63) is 64.6 Å². The third-order valence-electron chi connectivity index (χ3n) is 4.47. The summed E-state index contributed by atoms with van der Waals surface area (Å²) in [5.41, 5.74) is 3.63. The van der Waals surface area contributed by atoms with E-state index in [0.29, 0.717) is 34.2 Å². The maximum atomic E-state index is 12.6. The summed E-state index contributed by atoms with van der Waals surface area (Å²) in [7, 11) is 0. The molecule has 0 saturated carbocycles. The third-order valence-corrected chi connectivity index (χ3v) is 4.79. The molecule has 0 amide bonds. The van der Waals surface area contributed by atoms with Gasteiger partial charge in [0.2, 0.25) is 0 Å². The summed E-state index contributed by atoms with van der Waals surface area (Å²) in [4.78, 5) is 12.6. The second-order valence-corrected chi connectivity index (χ2v) is 6.44. The molecule has 3 heterocycles. The van der Waals surface area contributed by atoms with Crippen molar-refractivity contribution in [1.29, 1.82) is 0 Å². The fourth-order valence-electron chi connectivity index (χ4n) is 3.28. The fourth-order valence-corrected chi connectivity index (χ4v) is 3.52. The molecule has 5 N–H and O–H groups in total. The number of aromatic nitrogens is 1. The Morgan fingerprint density at radius 2 is 2.00 bits per heavy atom. The van der Waals surface area contributed by atoms with Crippen LogP contribution in [0.15, 0.2) is 47.6 Å². The molecule has 2 aliphatic rings. The van der Waals surface area contributed by atoms with Crippen LogP contribution in [0.3, 0.4) is 0 Å². The van der Waals surface area contributed by atoms with E-state index in [4.69, 9.17) is 28.0 Å². The number of rotatable bonds is 3. The van der Waals surface area contributed by atoms with Crippen molar-refractivity contribution in [2.24, 2.45) is 5.84 Å².